The highest BCUT2D eigenvalue weighted by Gasteiger charge is 2.03. The van der Waals surface area contributed by atoms with Gasteiger partial charge >= 0.3 is 0 Å². The van der Waals surface area contributed by atoms with Gasteiger partial charge in [0, 0.05) is 0 Å². The van der Waals surface area contributed by atoms with Crippen molar-refractivity contribution in [3.63, 3.8) is 0 Å². The van der Waals surface area contributed by atoms with Crippen LogP contribution in [0.4, 0.5) is 0 Å². The molecule has 1 rings (SSSR count). The van der Waals surface area contributed by atoms with Crippen LogP contribution in [-0.2, 0) is 11.2 Å². The molecule has 13 heavy (non-hydrogen) atoms. The zero-order valence-corrected chi connectivity index (χ0v) is 7.97. The van der Waals surface area contributed by atoms with Gasteiger partial charge in [0.05, 0.1) is 18.6 Å². The van der Waals surface area contributed by atoms with E-state index in [9.17, 15) is 4.79 Å². The normalized spacial score (nSPS) is 9.69. The lowest BCUT2D eigenvalue weighted by molar-refractivity contribution is -0.117. The van der Waals surface area contributed by atoms with E-state index >= 15 is 0 Å². The number of hydrogen-bond acceptors (Lipinski definition) is 2. The molecule has 0 saturated carbocycles. The second kappa shape index (κ2) is 4.14. The summed E-state index contributed by atoms with van der Waals surface area (Å²) in [5.41, 5.74) is 5.82. The highest BCUT2D eigenvalue weighted by Crippen LogP contribution is 2.24. The van der Waals surface area contributed by atoms with E-state index in [-0.39, 0.29) is 12.3 Å². The highest BCUT2D eigenvalue weighted by atomic mass is 35.5. The number of ether oxygens (including phenoxy) is 1. The van der Waals surface area contributed by atoms with Crippen LogP contribution in [0.3, 0.4) is 0 Å². The fourth-order valence-corrected chi connectivity index (χ4v) is 1.30. The molecule has 2 N–H and O–H groups in total. The number of primary amides is 1. The summed E-state index contributed by atoms with van der Waals surface area (Å²) < 4.78 is 4.96. The summed E-state index contributed by atoms with van der Waals surface area (Å²) in [4.78, 5) is 10.6. The van der Waals surface area contributed by atoms with Crippen LogP contribution in [-0.4, -0.2) is 13.0 Å². The lowest BCUT2D eigenvalue weighted by atomic mass is 10.1. The summed E-state index contributed by atoms with van der Waals surface area (Å²) in [6, 6.07) is 5.14. The third kappa shape index (κ3) is 2.63. The van der Waals surface area contributed by atoms with Gasteiger partial charge in [-0.25, -0.2) is 0 Å². The second-order valence-electron chi connectivity index (χ2n) is 2.61. The van der Waals surface area contributed by atoms with Crippen molar-refractivity contribution in [3.05, 3.63) is 28.8 Å². The van der Waals surface area contributed by atoms with E-state index in [1.807, 2.05) is 0 Å². The van der Waals surface area contributed by atoms with Crippen LogP contribution < -0.4 is 10.5 Å². The summed E-state index contributed by atoms with van der Waals surface area (Å²) in [5.74, 6) is 0.219. The first kappa shape index (κ1) is 9.86. The third-order valence-corrected chi connectivity index (χ3v) is 1.89. The Morgan fingerprint density at radius 3 is 2.77 bits per heavy atom. The van der Waals surface area contributed by atoms with Crippen LogP contribution >= 0.6 is 11.6 Å². The van der Waals surface area contributed by atoms with Gasteiger partial charge in [-0.15, -0.1) is 0 Å². The number of rotatable bonds is 3. The van der Waals surface area contributed by atoms with Crippen LogP contribution in [0.25, 0.3) is 0 Å². The molecule has 0 spiro atoms. The molecule has 0 aliphatic carbocycles. The Balaban J connectivity index is 2.89. The minimum Gasteiger partial charge on any atom is -0.495 e. The standard InChI is InChI=1S/C9H10ClNO2/c1-13-8-3-2-6(4-7(8)10)5-9(11)12/h2-4H,5H2,1H3,(H2,11,12). The van der Waals surface area contributed by atoms with Gasteiger partial charge < -0.3 is 10.5 Å². The molecule has 0 atom stereocenters. The number of halogens is 1. The van der Waals surface area contributed by atoms with Crippen LogP contribution in [0.5, 0.6) is 5.75 Å². The van der Waals surface area contributed by atoms with Gasteiger partial charge in [-0.05, 0) is 17.7 Å². The molecule has 0 aliphatic rings. The molecule has 70 valence electrons. The van der Waals surface area contributed by atoms with Gasteiger partial charge in [-0.3, -0.25) is 4.79 Å². The number of carbonyl (C=O) groups is 1. The minimum atomic E-state index is -0.374. The van der Waals surface area contributed by atoms with Crippen molar-refractivity contribution in [2.24, 2.45) is 5.73 Å². The molecular weight excluding hydrogens is 190 g/mol. The topological polar surface area (TPSA) is 52.3 Å². The quantitative estimate of drug-likeness (QED) is 0.800. The van der Waals surface area contributed by atoms with Crippen molar-refractivity contribution in [3.8, 4) is 5.75 Å². The number of carbonyl (C=O) groups excluding carboxylic acids is 1. The molecule has 0 unspecified atom stereocenters. The first-order valence-corrected chi connectivity index (χ1v) is 4.12. The fraction of sp³-hybridized carbons (Fsp3) is 0.222. The molecule has 3 nitrogen and oxygen atoms in total. The van der Waals surface area contributed by atoms with E-state index in [2.05, 4.69) is 0 Å². The summed E-state index contributed by atoms with van der Waals surface area (Å²) >= 11 is 5.84. The Bertz CT molecular complexity index is 325. The second-order valence-corrected chi connectivity index (χ2v) is 3.02. The van der Waals surface area contributed by atoms with E-state index in [0.717, 1.165) is 5.56 Å². The number of benzene rings is 1. The number of nitrogens with two attached hydrogens (primary N) is 1. The Labute approximate surface area is 81.4 Å². The summed E-state index contributed by atoms with van der Waals surface area (Å²) in [6.07, 6.45) is 0.198. The summed E-state index contributed by atoms with van der Waals surface area (Å²) in [5, 5.41) is 0.487. The summed E-state index contributed by atoms with van der Waals surface area (Å²) in [7, 11) is 1.54. The van der Waals surface area contributed by atoms with Crippen LogP contribution in [0.1, 0.15) is 5.56 Å². The molecule has 1 amide bonds. The van der Waals surface area contributed by atoms with Gasteiger partial charge in [-0.2, -0.15) is 0 Å². The zero-order valence-electron chi connectivity index (χ0n) is 7.21. The van der Waals surface area contributed by atoms with Gasteiger partial charge in [0.1, 0.15) is 5.75 Å². The molecule has 0 aromatic heterocycles. The van der Waals surface area contributed by atoms with Crippen molar-refractivity contribution in [1.82, 2.24) is 0 Å². The van der Waals surface area contributed by atoms with E-state index in [0.29, 0.717) is 10.8 Å². The fourth-order valence-electron chi connectivity index (χ4n) is 1.02. The maximum Gasteiger partial charge on any atom is 0.221 e. The molecular formula is C9H10ClNO2. The smallest absolute Gasteiger partial charge is 0.221 e. The Hall–Kier alpha value is -1.22. The third-order valence-electron chi connectivity index (χ3n) is 1.59. The molecule has 1 aromatic rings. The molecule has 4 heteroatoms. The van der Waals surface area contributed by atoms with Crippen molar-refractivity contribution in [2.75, 3.05) is 7.11 Å². The average molecular weight is 200 g/mol. The molecule has 1 aromatic carbocycles. The van der Waals surface area contributed by atoms with Gasteiger partial charge in [-0.1, -0.05) is 17.7 Å². The van der Waals surface area contributed by atoms with Crippen molar-refractivity contribution in [2.45, 2.75) is 6.42 Å². The number of hydrogen-bond donors (Lipinski definition) is 1. The van der Waals surface area contributed by atoms with E-state index in [4.69, 9.17) is 22.1 Å². The predicted octanol–water partition coefficient (Wildman–Crippen LogP) is 1.38. The first-order chi connectivity index (χ1) is 6.13. The van der Waals surface area contributed by atoms with E-state index in [1.54, 1.807) is 18.2 Å². The summed E-state index contributed by atoms with van der Waals surface area (Å²) in [6.45, 7) is 0. The van der Waals surface area contributed by atoms with E-state index in [1.165, 1.54) is 7.11 Å². The van der Waals surface area contributed by atoms with Gasteiger partial charge in [0.2, 0.25) is 5.91 Å². The molecule has 0 heterocycles. The van der Waals surface area contributed by atoms with Crippen molar-refractivity contribution >= 4 is 17.5 Å². The van der Waals surface area contributed by atoms with Crippen molar-refractivity contribution < 1.29 is 9.53 Å². The lowest BCUT2D eigenvalue weighted by Gasteiger charge is -2.04. The van der Waals surface area contributed by atoms with Crippen molar-refractivity contribution in [1.29, 1.82) is 0 Å². The minimum absolute atomic E-state index is 0.198. The SMILES string of the molecule is COc1ccc(CC(N)=O)cc1Cl. The number of methoxy groups -OCH3 is 1. The first-order valence-electron chi connectivity index (χ1n) is 3.74. The Kier molecular flexibility index (Phi) is 3.14. The molecule has 0 radical (unpaired) electrons. The molecule has 0 fully saturated rings. The lowest BCUT2D eigenvalue weighted by Crippen LogP contribution is -2.13. The monoisotopic (exact) mass is 199 g/mol. The average Bonchev–Trinajstić information content (AvgIpc) is 2.03. The number of amides is 1. The Morgan fingerprint density at radius 1 is 1.62 bits per heavy atom. The van der Waals surface area contributed by atoms with Gasteiger partial charge in [0.15, 0.2) is 0 Å². The molecule has 0 saturated heterocycles. The highest BCUT2D eigenvalue weighted by molar-refractivity contribution is 6.32. The maximum absolute atomic E-state index is 10.6. The van der Waals surface area contributed by atoms with Gasteiger partial charge in [0.25, 0.3) is 0 Å². The van der Waals surface area contributed by atoms with Crippen LogP contribution in [0, 0.1) is 0 Å². The molecule has 0 bridgehead atoms. The Morgan fingerprint density at radius 2 is 2.31 bits per heavy atom. The predicted molar refractivity (Wildman–Crippen MR) is 50.9 cm³/mol. The van der Waals surface area contributed by atoms with Crippen LogP contribution in [0.2, 0.25) is 5.02 Å². The zero-order chi connectivity index (χ0) is 9.84. The largest absolute Gasteiger partial charge is 0.495 e. The molecule has 0 aliphatic heterocycles. The van der Waals surface area contributed by atoms with Crippen LogP contribution in [0.15, 0.2) is 18.2 Å². The van der Waals surface area contributed by atoms with E-state index < -0.39 is 0 Å². The maximum atomic E-state index is 10.6.